The smallest absolute Gasteiger partial charge is 0.490 e. The van der Waals surface area contributed by atoms with Crippen molar-refractivity contribution in [1.29, 1.82) is 0 Å². The number of likely N-dealkylation sites (tertiary alicyclic amines) is 1. The van der Waals surface area contributed by atoms with Crippen molar-refractivity contribution in [2.24, 2.45) is 0 Å². The molecule has 0 aliphatic carbocycles. The van der Waals surface area contributed by atoms with Crippen LogP contribution in [0.25, 0.3) is 11.1 Å². The fourth-order valence-corrected chi connectivity index (χ4v) is 3.76. The molecule has 0 saturated carbocycles. The number of benzene rings is 2. The van der Waals surface area contributed by atoms with Gasteiger partial charge in [-0.1, -0.05) is 18.2 Å². The van der Waals surface area contributed by atoms with Crippen molar-refractivity contribution in [2.75, 3.05) is 32.6 Å². The standard InChI is InChI=1S/C24H28N4O3.2C2HF3O2/c1-28-10-8-20(9-11-28)31-23-14-18(19-15-25-26-16-19)6-7-22(23)27-24(29)13-17-4-3-5-21(12-17)30-2;2*3-2(4,5)1(6)7/h3-7,12,14-16,20H,8-11,13H2,1-2H3,(H,25,26)(H,27,29);2*(H,6,7). The molecule has 0 unspecified atom stereocenters. The minimum absolute atomic E-state index is 0.0995. The summed E-state index contributed by atoms with van der Waals surface area (Å²) >= 11 is 0. The SMILES string of the molecule is COc1cccc(CC(=O)Nc2ccc(-c3cn[nH]c3)cc2OC2CCN(C)CC2)c1.O=C(O)C(F)(F)F.O=C(O)C(F)(F)F. The number of nitrogens with zero attached hydrogens (tertiary/aromatic N) is 2. The number of carbonyl (C=O) groups excluding carboxylic acids is 1. The van der Waals surface area contributed by atoms with Gasteiger partial charge in [0, 0.05) is 24.8 Å². The van der Waals surface area contributed by atoms with E-state index in [9.17, 15) is 31.1 Å². The number of nitrogens with one attached hydrogen (secondary N) is 2. The molecular formula is C28H30F6N4O7. The van der Waals surface area contributed by atoms with E-state index in [4.69, 9.17) is 29.3 Å². The van der Waals surface area contributed by atoms with Crippen molar-refractivity contribution in [3.63, 3.8) is 0 Å². The van der Waals surface area contributed by atoms with E-state index in [1.54, 1.807) is 13.3 Å². The van der Waals surface area contributed by atoms with Gasteiger partial charge in [0.1, 0.15) is 17.6 Å². The van der Waals surface area contributed by atoms with Crippen molar-refractivity contribution in [3.05, 3.63) is 60.4 Å². The molecule has 1 aliphatic heterocycles. The van der Waals surface area contributed by atoms with Crippen LogP contribution in [0.2, 0.25) is 0 Å². The number of aromatic amines is 1. The van der Waals surface area contributed by atoms with Crippen LogP contribution in [0, 0.1) is 0 Å². The highest BCUT2D eigenvalue weighted by atomic mass is 19.4. The maximum absolute atomic E-state index is 12.8. The lowest BCUT2D eigenvalue weighted by Gasteiger charge is -2.30. The van der Waals surface area contributed by atoms with Gasteiger partial charge >= 0.3 is 24.3 Å². The average Bonchev–Trinajstić information content (AvgIpc) is 3.50. The lowest BCUT2D eigenvalue weighted by molar-refractivity contribution is -0.193. The molecule has 0 atom stereocenters. The van der Waals surface area contributed by atoms with Gasteiger partial charge in [-0.05, 0) is 55.3 Å². The van der Waals surface area contributed by atoms with Crippen LogP contribution < -0.4 is 14.8 Å². The first-order chi connectivity index (χ1) is 21.0. The Kier molecular flexibility index (Phi) is 13.2. The number of H-pyrrole nitrogens is 1. The highest BCUT2D eigenvalue weighted by Crippen LogP contribution is 2.33. The average molecular weight is 649 g/mol. The van der Waals surface area contributed by atoms with Crippen molar-refractivity contribution in [2.45, 2.75) is 37.7 Å². The summed E-state index contributed by atoms with van der Waals surface area (Å²) in [5, 5.41) is 24.2. The molecule has 1 saturated heterocycles. The van der Waals surface area contributed by atoms with Crippen LogP contribution in [0.4, 0.5) is 32.0 Å². The monoisotopic (exact) mass is 648 g/mol. The van der Waals surface area contributed by atoms with Crippen molar-refractivity contribution < 1.29 is 60.4 Å². The molecule has 45 heavy (non-hydrogen) atoms. The van der Waals surface area contributed by atoms with E-state index in [0.29, 0.717) is 11.4 Å². The van der Waals surface area contributed by atoms with Crippen LogP contribution in [0.15, 0.2) is 54.9 Å². The second kappa shape index (κ2) is 16.3. The zero-order valence-corrected chi connectivity index (χ0v) is 23.9. The number of aliphatic carboxylic acids is 2. The van der Waals surface area contributed by atoms with Crippen LogP contribution in [-0.2, 0) is 20.8 Å². The molecule has 1 fully saturated rings. The van der Waals surface area contributed by atoms with Gasteiger partial charge in [-0.25, -0.2) is 9.59 Å². The third kappa shape index (κ3) is 12.8. The molecule has 0 bridgehead atoms. The first kappa shape index (κ1) is 36.4. The van der Waals surface area contributed by atoms with Crippen LogP contribution >= 0.6 is 0 Å². The minimum Gasteiger partial charge on any atom is -0.497 e. The topological polar surface area (TPSA) is 154 Å². The summed E-state index contributed by atoms with van der Waals surface area (Å²) in [7, 11) is 3.74. The molecule has 17 heteroatoms. The molecule has 1 aliphatic rings. The number of carboxylic acid groups (broad SMARTS) is 2. The van der Waals surface area contributed by atoms with E-state index < -0.39 is 24.3 Å². The quantitative estimate of drug-likeness (QED) is 0.259. The minimum atomic E-state index is -5.08. The van der Waals surface area contributed by atoms with E-state index in [-0.39, 0.29) is 18.4 Å². The normalized spacial score (nSPS) is 13.8. The molecule has 1 amide bonds. The molecule has 3 aromatic rings. The molecule has 2 heterocycles. The first-order valence-corrected chi connectivity index (χ1v) is 13.0. The third-order valence-corrected chi connectivity index (χ3v) is 6.03. The number of amides is 1. The molecule has 0 radical (unpaired) electrons. The van der Waals surface area contributed by atoms with Gasteiger partial charge < -0.3 is 29.9 Å². The molecule has 11 nitrogen and oxygen atoms in total. The molecule has 1 aromatic heterocycles. The first-order valence-electron chi connectivity index (χ1n) is 13.0. The van der Waals surface area contributed by atoms with Crippen molar-refractivity contribution >= 4 is 23.5 Å². The summed E-state index contributed by atoms with van der Waals surface area (Å²) in [5.41, 5.74) is 3.54. The maximum atomic E-state index is 12.8. The molecule has 4 N–H and O–H groups in total. The fraction of sp³-hybridized carbons (Fsp3) is 0.357. The lowest BCUT2D eigenvalue weighted by atomic mass is 10.1. The highest BCUT2D eigenvalue weighted by molar-refractivity contribution is 5.94. The molecular weight excluding hydrogens is 618 g/mol. The Morgan fingerprint density at radius 2 is 1.58 bits per heavy atom. The van der Waals surface area contributed by atoms with Crippen LogP contribution in [0.3, 0.4) is 0 Å². The van der Waals surface area contributed by atoms with E-state index >= 15 is 0 Å². The Balaban J connectivity index is 0.000000421. The largest absolute Gasteiger partial charge is 0.497 e. The van der Waals surface area contributed by atoms with Gasteiger partial charge in [-0.15, -0.1) is 0 Å². The van der Waals surface area contributed by atoms with Gasteiger partial charge in [0.05, 0.1) is 25.4 Å². The predicted octanol–water partition coefficient (Wildman–Crippen LogP) is 5.01. The maximum Gasteiger partial charge on any atom is 0.490 e. The van der Waals surface area contributed by atoms with Gasteiger partial charge in [0.2, 0.25) is 5.91 Å². The van der Waals surface area contributed by atoms with Crippen LogP contribution in [0.1, 0.15) is 18.4 Å². The van der Waals surface area contributed by atoms with E-state index in [1.165, 1.54) is 0 Å². The highest BCUT2D eigenvalue weighted by Gasteiger charge is 2.38. The number of hydrogen-bond donors (Lipinski definition) is 4. The van der Waals surface area contributed by atoms with Crippen molar-refractivity contribution in [1.82, 2.24) is 15.1 Å². The second-order valence-electron chi connectivity index (χ2n) is 9.50. The Bertz CT molecular complexity index is 1380. The predicted molar refractivity (Wildman–Crippen MR) is 148 cm³/mol. The molecule has 0 spiro atoms. The summed E-state index contributed by atoms with van der Waals surface area (Å²) in [6.07, 6.45) is -4.24. The Labute approximate surface area is 252 Å². The Morgan fingerprint density at radius 3 is 2.09 bits per heavy atom. The summed E-state index contributed by atoms with van der Waals surface area (Å²) in [5.74, 6) is -4.19. The fourth-order valence-electron chi connectivity index (χ4n) is 3.76. The van der Waals surface area contributed by atoms with Gasteiger partial charge in [-0.3, -0.25) is 9.89 Å². The number of carbonyl (C=O) groups is 3. The van der Waals surface area contributed by atoms with Crippen LogP contribution in [-0.4, -0.2) is 88.9 Å². The number of halogens is 6. The van der Waals surface area contributed by atoms with E-state index in [0.717, 1.165) is 48.4 Å². The zero-order chi connectivity index (χ0) is 33.8. The lowest BCUT2D eigenvalue weighted by Crippen LogP contribution is -2.35. The molecule has 4 rings (SSSR count). The van der Waals surface area contributed by atoms with Gasteiger partial charge in [0.25, 0.3) is 0 Å². The number of methoxy groups -OCH3 is 1. The number of aromatic nitrogens is 2. The van der Waals surface area contributed by atoms with E-state index in [1.807, 2.05) is 48.7 Å². The number of hydrogen-bond acceptors (Lipinski definition) is 7. The summed E-state index contributed by atoms with van der Waals surface area (Å²) in [6.45, 7) is 2.01. The Hall–Kier alpha value is -4.80. The Morgan fingerprint density at radius 1 is 0.978 bits per heavy atom. The number of alkyl halides is 6. The number of carboxylic acids is 2. The zero-order valence-electron chi connectivity index (χ0n) is 23.9. The number of piperidine rings is 1. The molecule has 2 aromatic carbocycles. The van der Waals surface area contributed by atoms with Crippen molar-refractivity contribution in [3.8, 4) is 22.6 Å². The number of ether oxygens (including phenoxy) is 2. The third-order valence-electron chi connectivity index (χ3n) is 6.03. The van der Waals surface area contributed by atoms with E-state index in [2.05, 4.69) is 27.5 Å². The molecule has 246 valence electrons. The number of anilines is 1. The van der Waals surface area contributed by atoms with Gasteiger partial charge in [0.15, 0.2) is 0 Å². The summed E-state index contributed by atoms with van der Waals surface area (Å²) in [6, 6.07) is 13.4. The summed E-state index contributed by atoms with van der Waals surface area (Å²) in [4.78, 5) is 32.8. The van der Waals surface area contributed by atoms with Crippen LogP contribution in [0.5, 0.6) is 11.5 Å². The van der Waals surface area contributed by atoms with Gasteiger partial charge in [-0.2, -0.15) is 31.4 Å². The number of rotatable bonds is 7. The summed E-state index contributed by atoms with van der Waals surface area (Å²) < 4.78 is 75.1. The second-order valence-corrected chi connectivity index (χ2v) is 9.50.